The average Bonchev–Trinajstić information content (AvgIpc) is 2.86. The van der Waals surface area contributed by atoms with Gasteiger partial charge in [0.15, 0.2) is 0 Å². The van der Waals surface area contributed by atoms with E-state index >= 15 is 0 Å². The second-order valence-electron chi connectivity index (χ2n) is 5.02. The van der Waals surface area contributed by atoms with Crippen molar-refractivity contribution in [3.63, 3.8) is 0 Å². The van der Waals surface area contributed by atoms with Crippen molar-refractivity contribution in [1.29, 1.82) is 0 Å². The lowest BCUT2D eigenvalue weighted by Crippen LogP contribution is -2.38. The summed E-state index contributed by atoms with van der Waals surface area (Å²) in [5, 5.41) is 9.21. The highest BCUT2D eigenvalue weighted by Crippen LogP contribution is 2.36. The van der Waals surface area contributed by atoms with E-state index in [1.165, 1.54) is 6.07 Å². The summed E-state index contributed by atoms with van der Waals surface area (Å²) < 4.78 is 64.9. The van der Waals surface area contributed by atoms with Crippen molar-refractivity contribution in [3.8, 4) is 0 Å². The average molecular weight is 323 g/mol. The summed E-state index contributed by atoms with van der Waals surface area (Å²) >= 11 is 0. The van der Waals surface area contributed by atoms with E-state index in [1.807, 2.05) is 0 Å². The Morgan fingerprint density at radius 2 is 2.05 bits per heavy atom. The van der Waals surface area contributed by atoms with E-state index in [9.17, 15) is 26.7 Å². The van der Waals surface area contributed by atoms with E-state index in [-0.39, 0.29) is 23.6 Å². The van der Waals surface area contributed by atoms with Crippen LogP contribution in [0.4, 0.5) is 13.2 Å². The monoisotopic (exact) mass is 323 g/mol. The Morgan fingerprint density at radius 3 is 2.62 bits per heavy atom. The molecule has 8 heteroatoms. The summed E-state index contributed by atoms with van der Waals surface area (Å²) in [6, 6.07) is 2.56. The molecular formula is C13H16F3NO3S. The molecule has 0 unspecified atom stereocenters. The van der Waals surface area contributed by atoms with Crippen LogP contribution in [0.5, 0.6) is 0 Å². The zero-order valence-electron chi connectivity index (χ0n) is 11.4. The first kappa shape index (κ1) is 16.3. The fraction of sp³-hybridized carbons (Fsp3) is 0.538. The summed E-state index contributed by atoms with van der Waals surface area (Å²) in [5.41, 5.74) is -1.27. The minimum Gasteiger partial charge on any atom is -0.395 e. The standard InChI is InChI=1S/C13H16F3NO3S/c1-9-11(13(14,15)16)5-2-6-12(9)21(19,20)17-7-3-4-10(17)8-18/h2,5-6,10,18H,3-4,7-8H2,1H3/t10-/m0/s1. The van der Waals surface area contributed by atoms with Crippen LogP contribution in [-0.4, -0.2) is 37.0 Å². The van der Waals surface area contributed by atoms with Gasteiger partial charge in [-0.05, 0) is 37.5 Å². The molecule has 0 aliphatic carbocycles. The van der Waals surface area contributed by atoms with Gasteiger partial charge < -0.3 is 5.11 Å². The topological polar surface area (TPSA) is 57.6 Å². The molecule has 1 aliphatic heterocycles. The fourth-order valence-corrected chi connectivity index (χ4v) is 4.57. The van der Waals surface area contributed by atoms with Gasteiger partial charge in [0.1, 0.15) is 0 Å². The third-order valence-electron chi connectivity index (χ3n) is 3.71. The number of alkyl halides is 3. The highest BCUT2D eigenvalue weighted by molar-refractivity contribution is 7.89. The van der Waals surface area contributed by atoms with Gasteiger partial charge in [0.2, 0.25) is 10.0 Å². The number of aliphatic hydroxyl groups is 1. The zero-order valence-corrected chi connectivity index (χ0v) is 12.2. The van der Waals surface area contributed by atoms with Crippen LogP contribution in [0, 0.1) is 6.92 Å². The SMILES string of the molecule is Cc1c(C(F)(F)F)cccc1S(=O)(=O)N1CCC[C@H]1CO. The second kappa shape index (κ2) is 5.58. The summed E-state index contributed by atoms with van der Waals surface area (Å²) in [4.78, 5) is -0.349. The van der Waals surface area contributed by atoms with E-state index in [4.69, 9.17) is 0 Å². The molecule has 1 aromatic carbocycles. The van der Waals surface area contributed by atoms with Gasteiger partial charge in [-0.15, -0.1) is 0 Å². The highest BCUT2D eigenvalue weighted by atomic mass is 32.2. The van der Waals surface area contributed by atoms with Crippen LogP contribution >= 0.6 is 0 Å². The molecular weight excluding hydrogens is 307 g/mol. The third-order valence-corrected chi connectivity index (χ3v) is 5.81. The highest BCUT2D eigenvalue weighted by Gasteiger charge is 2.39. The van der Waals surface area contributed by atoms with Crippen LogP contribution < -0.4 is 0 Å². The Hall–Kier alpha value is -1.12. The van der Waals surface area contributed by atoms with Gasteiger partial charge in [0, 0.05) is 12.6 Å². The first-order valence-corrected chi connectivity index (χ1v) is 7.93. The lowest BCUT2D eigenvalue weighted by molar-refractivity contribution is -0.138. The molecule has 1 N–H and O–H groups in total. The molecule has 118 valence electrons. The maximum absolute atomic E-state index is 12.9. The molecule has 1 aromatic rings. The largest absolute Gasteiger partial charge is 0.416 e. The summed E-state index contributed by atoms with van der Waals surface area (Å²) in [5.74, 6) is 0. The van der Waals surface area contributed by atoms with E-state index in [2.05, 4.69) is 0 Å². The molecule has 1 fully saturated rings. The van der Waals surface area contributed by atoms with Crippen LogP contribution in [0.25, 0.3) is 0 Å². The fourth-order valence-electron chi connectivity index (χ4n) is 2.64. The lowest BCUT2D eigenvalue weighted by atomic mass is 10.1. The second-order valence-corrected chi connectivity index (χ2v) is 6.88. The van der Waals surface area contributed by atoms with Crippen molar-refractivity contribution in [2.24, 2.45) is 0 Å². The molecule has 0 bridgehead atoms. The van der Waals surface area contributed by atoms with Gasteiger partial charge in [0.25, 0.3) is 0 Å². The number of hydrogen-bond acceptors (Lipinski definition) is 3. The van der Waals surface area contributed by atoms with Gasteiger partial charge in [-0.2, -0.15) is 17.5 Å². The molecule has 0 radical (unpaired) electrons. The minimum atomic E-state index is -4.60. The molecule has 0 spiro atoms. The molecule has 1 atom stereocenters. The first-order chi connectivity index (χ1) is 9.69. The van der Waals surface area contributed by atoms with Gasteiger partial charge in [-0.1, -0.05) is 6.07 Å². The van der Waals surface area contributed by atoms with Crippen molar-refractivity contribution in [1.82, 2.24) is 4.31 Å². The molecule has 0 saturated carbocycles. The van der Waals surface area contributed by atoms with Crippen LogP contribution in [0.15, 0.2) is 23.1 Å². The summed E-state index contributed by atoms with van der Waals surface area (Å²) in [6.45, 7) is 1.03. The van der Waals surface area contributed by atoms with Crippen LogP contribution in [0.2, 0.25) is 0 Å². The van der Waals surface area contributed by atoms with Gasteiger partial charge in [0.05, 0.1) is 17.1 Å². The van der Waals surface area contributed by atoms with Crippen LogP contribution in [0.3, 0.4) is 0 Å². The molecule has 1 saturated heterocycles. The van der Waals surface area contributed by atoms with Gasteiger partial charge in [-0.25, -0.2) is 8.42 Å². The number of sulfonamides is 1. The third kappa shape index (κ3) is 2.93. The Morgan fingerprint density at radius 1 is 1.38 bits per heavy atom. The summed E-state index contributed by atoms with van der Waals surface area (Å²) in [6.07, 6.45) is -3.51. The lowest BCUT2D eigenvalue weighted by Gasteiger charge is -2.24. The zero-order chi connectivity index (χ0) is 15.8. The normalized spacial score (nSPS) is 20.9. The number of aliphatic hydroxyl groups excluding tert-OH is 1. The van der Waals surface area contributed by atoms with Crippen LogP contribution in [-0.2, 0) is 16.2 Å². The molecule has 1 aliphatic rings. The van der Waals surface area contributed by atoms with E-state index in [0.29, 0.717) is 12.8 Å². The number of hydrogen-bond donors (Lipinski definition) is 1. The number of rotatable bonds is 3. The number of halogens is 3. The molecule has 0 aromatic heterocycles. The van der Waals surface area contributed by atoms with E-state index in [1.54, 1.807) is 0 Å². The van der Waals surface area contributed by atoms with Crippen LogP contribution in [0.1, 0.15) is 24.0 Å². The number of nitrogens with zero attached hydrogens (tertiary/aromatic N) is 1. The summed E-state index contributed by atoms with van der Waals surface area (Å²) in [7, 11) is -4.04. The van der Waals surface area contributed by atoms with E-state index < -0.39 is 27.8 Å². The van der Waals surface area contributed by atoms with Gasteiger partial charge in [-0.3, -0.25) is 0 Å². The molecule has 2 rings (SSSR count). The minimum absolute atomic E-state index is 0.212. The maximum atomic E-state index is 12.9. The molecule has 0 amide bonds. The van der Waals surface area contributed by atoms with Crippen molar-refractivity contribution >= 4 is 10.0 Å². The predicted molar refractivity (Wildman–Crippen MR) is 70.2 cm³/mol. The van der Waals surface area contributed by atoms with Gasteiger partial charge >= 0.3 is 6.18 Å². The quantitative estimate of drug-likeness (QED) is 0.927. The van der Waals surface area contributed by atoms with Crippen molar-refractivity contribution in [2.45, 2.75) is 36.9 Å². The predicted octanol–water partition coefficient (Wildman–Crippen LogP) is 2.16. The first-order valence-electron chi connectivity index (χ1n) is 6.49. The molecule has 21 heavy (non-hydrogen) atoms. The Bertz CT molecular complexity index is 628. The van der Waals surface area contributed by atoms with Crippen molar-refractivity contribution < 1.29 is 26.7 Å². The Labute approximate surface area is 121 Å². The molecule has 4 nitrogen and oxygen atoms in total. The Balaban J connectivity index is 2.51. The van der Waals surface area contributed by atoms with E-state index in [0.717, 1.165) is 23.4 Å². The number of benzene rings is 1. The smallest absolute Gasteiger partial charge is 0.395 e. The Kier molecular flexibility index (Phi) is 4.32. The van der Waals surface area contributed by atoms with Crippen molar-refractivity contribution in [3.05, 3.63) is 29.3 Å². The molecule has 1 heterocycles. The van der Waals surface area contributed by atoms with Crippen molar-refractivity contribution in [2.75, 3.05) is 13.2 Å². The maximum Gasteiger partial charge on any atom is 0.416 e.